The van der Waals surface area contributed by atoms with Crippen LogP contribution in [-0.4, -0.2) is 39.2 Å². The molecule has 3 heterocycles. The van der Waals surface area contributed by atoms with Crippen LogP contribution in [0, 0.1) is 5.82 Å². The second kappa shape index (κ2) is 7.66. The highest BCUT2D eigenvalue weighted by atomic mass is 19.1. The van der Waals surface area contributed by atoms with E-state index in [0.29, 0.717) is 28.5 Å². The van der Waals surface area contributed by atoms with E-state index in [2.05, 4.69) is 26.0 Å². The normalized spacial score (nSPS) is 10.8. The Hall–Kier alpha value is -4.21. The molecule has 0 aliphatic heterocycles. The number of fused-ring (bicyclic) bond motifs is 1. The molecule has 10 heteroatoms. The topological polar surface area (TPSA) is 105 Å². The van der Waals surface area contributed by atoms with Crippen LogP contribution < -0.4 is 21.5 Å². The van der Waals surface area contributed by atoms with Gasteiger partial charge in [-0.25, -0.2) is 9.37 Å². The third-order valence-corrected chi connectivity index (χ3v) is 4.50. The van der Waals surface area contributed by atoms with Gasteiger partial charge in [-0.05, 0) is 30.3 Å². The molecule has 0 radical (unpaired) electrons. The summed E-state index contributed by atoms with van der Waals surface area (Å²) in [5, 5.41) is 12.7. The molecule has 9 nitrogen and oxygen atoms in total. The average Bonchev–Trinajstić information content (AvgIpc) is 3.18. The zero-order chi connectivity index (χ0) is 21.3. The highest BCUT2D eigenvalue weighted by Gasteiger charge is 2.16. The number of hydrogen-bond acceptors (Lipinski definition) is 6. The maximum absolute atomic E-state index is 13.6. The maximum Gasteiger partial charge on any atom is 0.278 e. The summed E-state index contributed by atoms with van der Waals surface area (Å²) in [6.45, 7) is 0. The third-order valence-electron chi connectivity index (χ3n) is 4.50. The molecule has 3 aromatic heterocycles. The highest BCUT2D eigenvalue weighted by Crippen LogP contribution is 2.21. The molecule has 0 saturated heterocycles. The molecule has 30 heavy (non-hydrogen) atoms. The fraction of sp³-hybridized carbons (Fsp3) is 0.100. The van der Waals surface area contributed by atoms with Gasteiger partial charge < -0.3 is 16.0 Å². The van der Waals surface area contributed by atoms with E-state index in [0.717, 1.165) is 0 Å². The summed E-state index contributed by atoms with van der Waals surface area (Å²) in [5.41, 5.74) is 0.881. The summed E-state index contributed by atoms with van der Waals surface area (Å²) in [6.07, 6.45) is 2.98. The van der Waals surface area contributed by atoms with Crippen LogP contribution in [0.25, 0.3) is 11.3 Å². The number of benzene rings is 1. The van der Waals surface area contributed by atoms with Gasteiger partial charge in [-0.2, -0.15) is 9.61 Å². The smallest absolute Gasteiger partial charge is 0.278 e. The van der Waals surface area contributed by atoms with Crippen molar-refractivity contribution in [1.82, 2.24) is 24.5 Å². The zero-order valence-electron chi connectivity index (χ0n) is 16.2. The summed E-state index contributed by atoms with van der Waals surface area (Å²) in [6, 6.07) is 10.7. The predicted molar refractivity (Wildman–Crippen MR) is 111 cm³/mol. The predicted octanol–water partition coefficient (Wildman–Crippen LogP) is 2.16. The molecule has 3 N–H and O–H groups in total. The fourth-order valence-corrected chi connectivity index (χ4v) is 3.06. The van der Waals surface area contributed by atoms with Gasteiger partial charge in [0.2, 0.25) is 0 Å². The van der Waals surface area contributed by atoms with E-state index in [1.807, 2.05) is 0 Å². The Kier molecular flexibility index (Phi) is 4.88. The largest absolute Gasteiger partial charge is 0.373 e. The lowest BCUT2D eigenvalue weighted by atomic mass is 10.3. The van der Waals surface area contributed by atoms with Gasteiger partial charge in [0.1, 0.15) is 28.7 Å². The van der Waals surface area contributed by atoms with E-state index in [1.54, 1.807) is 37.5 Å². The van der Waals surface area contributed by atoms with Crippen molar-refractivity contribution in [2.75, 3.05) is 24.7 Å². The van der Waals surface area contributed by atoms with Crippen molar-refractivity contribution in [3.63, 3.8) is 0 Å². The van der Waals surface area contributed by atoms with E-state index in [1.165, 1.54) is 40.5 Å². The monoisotopic (exact) mass is 407 g/mol. The van der Waals surface area contributed by atoms with Gasteiger partial charge in [-0.15, -0.1) is 0 Å². The first-order valence-corrected chi connectivity index (χ1v) is 9.05. The lowest BCUT2D eigenvalue weighted by molar-refractivity contribution is 0.0964. The number of nitrogens with one attached hydrogen (secondary N) is 3. The Morgan fingerprint density at radius 2 is 1.97 bits per heavy atom. The second-order valence-electron chi connectivity index (χ2n) is 6.35. The molecule has 4 aromatic rings. The lowest BCUT2D eigenvalue weighted by Gasteiger charge is -2.12. The minimum atomic E-state index is -0.439. The van der Waals surface area contributed by atoms with E-state index < -0.39 is 5.82 Å². The number of pyridine rings is 1. The van der Waals surface area contributed by atoms with Crippen molar-refractivity contribution in [3.05, 3.63) is 76.6 Å². The van der Waals surface area contributed by atoms with E-state index in [9.17, 15) is 14.0 Å². The van der Waals surface area contributed by atoms with Crippen LogP contribution in [-0.2, 0) is 0 Å². The van der Waals surface area contributed by atoms with Gasteiger partial charge in [-0.1, -0.05) is 6.07 Å². The molecule has 0 spiro atoms. The quantitative estimate of drug-likeness (QED) is 0.468. The molecule has 0 saturated carbocycles. The highest BCUT2D eigenvalue weighted by molar-refractivity contribution is 5.99. The van der Waals surface area contributed by atoms with Crippen LogP contribution in [0.1, 0.15) is 10.4 Å². The van der Waals surface area contributed by atoms with Crippen molar-refractivity contribution in [2.24, 2.45) is 0 Å². The van der Waals surface area contributed by atoms with Gasteiger partial charge in [0.25, 0.3) is 11.5 Å². The average molecular weight is 407 g/mol. The lowest BCUT2D eigenvalue weighted by Crippen LogP contribution is -2.21. The molecule has 0 aliphatic rings. The van der Waals surface area contributed by atoms with Gasteiger partial charge >= 0.3 is 0 Å². The summed E-state index contributed by atoms with van der Waals surface area (Å²) < 4.78 is 16.4. The number of aromatic nitrogens is 4. The molecule has 0 bridgehead atoms. The zero-order valence-corrected chi connectivity index (χ0v) is 16.2. The van der Waals surface area contributed by atoms with Crippen molar-refractivity contribution in [2.45, 2.75) is 0 Å². The molecule has 0 fully saturated rings. The standard InChI is InChI=1S/C20H18FN7O2/c1-22-17-10-16(26-18-14(19(29)23-2)11-24-28(17)18)25-15-7-4-8-27(20(15)30)13-6-3-5-12(21)9-13/h3-11,22H,1-2H3,(H,23,29)(H,25,26). The van der Waals surface area contributed by atoms with E-state index in [4.69, 9.17) is 0 Å². The minimum absolute atomic E-state index is 0.238. The molecule has 0 aliphatic carbocycles. The third kappa shape index (κ3) is 3.34. The Morgan fingerprint density at radius 3 is 2.70 bits per heavy atom. The van der Waals surface area contributed by atoms with E-state index >= 15 is 0 Å². The summed E-state index contributed by atoms with van der Waals surface area (Å²) >= 11 is 0. The Morgan fingerprint density at radius 1 is 1.13 bits per heavy atom. The Labute approximate surface area is 170 Å². The summed E-state index contributed by atoms with van der Waals surface area (Å²) in [7, 11) is 3.23. The van der Waals surface area contributed by atoms with Crippen LogP contribution in [0.15, 0.2) is 59.7 Å². The summed E-state index contributed by atoms with van der Waals surface area (Å²) in [4.78, 5) is 29.5. The molecule has 152 valence electrons. The minimum Gasteiger partial charge on any atom is -0.373 e. The van der Waals surface area contributed by atoms with Gasteiger partial charge in [-0.3, -0.25) is 14.2 Å². The van der Waals surface area contributed by atoms with Crippen molar-refractivity contribution in [3.8, 4) is 5.69 Å². The molecule has 0 atom stereocenters. The van der Waals surface area contributed by atoms with Crippen LogP contribution in [0.2, 0.25) is 0 Å². The fourth-order valence-electron chi connectivity index (χ4n) is 3.06. The first-order valence-electron chi connectivity index (χ1n) is 9.05. The number of hydrogen-bond donors (Lipinski definition) is 3. The van der Waals surface area contributed by atoms with E-state index in [-0.39, 0.29) is 17.2 Å². The van der Waals surface area contributed by atoms with Crippen molar-refractivity contribution >= 4 is 28.9 Å². The van der Waals surface area contributed by atoms with Gasteiger partial charge in [0.15, 0.2) is 5.65 Å². The number of rotatable bonds is 5. The summed E-state index contributed by atoms with van der Waals surface area (Å²) in [5.74, 6) is 0.140. The molecule has 1 aromatic carbocycles. The van der Waals surface area contributed by atoms with Crippen LogP contribution in [0.5, 0.6) is 0 Å². The van der Waals surface area contributed by atoms with Gasteiger partial charge in [0.05, 0.1) is 11.9 Å². The number of amides is 1. The Bertz CT molecular complexity index is 1310. The number of carbonyl (C=O) groups is 1. The number of carbonyl (C=O) groups excluding carboxylic acids is 1. The Balaban J connectivity index is 1.79. The maximum atomic E-state index is 13.6. The van der Waals surface area contributed by atoms with Crippen LogP contribution >= 0.6 is 0 Å². The van der Waals surface area contributed by atoms with Crippen LogP contribution in [0.4, 0.5) is 21.7 Å². The molecule has 1 amide bonds. The van der Waals surface area contributed by atoms with Crippen molar-refractivity contribution < 1.29 is 9.18 Å². The van der Waals surface area contributed by atoms with Crippen molar-refractivity contribution in [1.29, 1.82) is 0 Å². The molecule has 4 rings (SSSR count). The molecular weight excluding hydrogens is 389 g/mol. The first kappa shape index (κ1) is 19.1. The van der Waals surface area contributed by atoms with Crippen LogP contribution in [0.3, 0.4) is 0 Å². The number of anilines is 3. The molecular formula is C20H18FN7O2. The number of halogens is 1. The molecule has 0 unspecified atom stereocenters. The van der Waals surface area contributed by atoms with Gasteiger partial charge in [0, 0.05) is 26.4 Å². The SMILES string of the molecule is CNC(=O)c1cnn2c(NC)cc(Nc3cccn(-c4cccc(F)c4)c3=O)nc12. The second-order valence-corrected chi connectivity index (χ2v) is 6.35. The number of nitrogens with zero attached hydrogens (tertiary/aromatic N) is 4. The first-order chi connectivity index (χ1) is 14.5.